The van der Waals surface area contributed by atoms with Gasteiger partial charge < -0.3 is 9.32 Å². The van der Waals surface area contributed by atoms with Crippen molar-refractivity contribution in [1.82, 2.24) is 4.72 Å². The zero-order valence-corrected chi connectivity index (χ0v) is 18.4. The van der Waals surface area contributed by atoms with Gasteiger partial charge in [0.25, 0.3) is 10.0 Å². The van der Waals surface area contributed by atoms with E-state index in [-0.39, 0.29) is 21.6 Å². The van der Waals surface area contributed by atoms with Gasteiger partial charge in [-0.1, -0.05) is 12.1 Å². The Kier molecular flexibility index (Phi) is 4.79. The van der Waals surface area contributed by atoms with Crippen molar-refractivity contribution in [3.05, 3.63) is 53.5 Å². The van der Waals surface area contributed by atoms with E-state index in [1.165, 1.54) is 12.1 Å². The Morgan fingerprint density at radius 2 is 1.91 bits per heavy atom. The van der Waals surface area contributed by atoms with Gasteiger partial charge in [-0.05, 0) is 37.0 Å². The van der Waals surface area contributed by atoms with Crippen molar-refractivity contribution in [3.8, 4) is 0 Å². The first-order valence-electron chi connectivity index (χ1n) is 10.1. The van der Waals surface area contributed by atoms with Gasteiger partial charge in [0.05, 0.1) is 16.0 Å². The van der Waals surface area contributed by atoms with E-state index in [1.54, 1.807) is 12.1 Å². The minimum Gasteiger partial charge on any atom is -0.451 e. The molecule has 0 aliphatic carbocycles. The Morgan fingerprint density at radius 3 is 2.62 bits per heavy atom. The molecule has 8 nitrogen and oxygen atoms in total. The number of benzene rings is 2. The molecule has 1 fully saturated rings. The molecule has 0 atom stereocenters. The van der Waals surface area contributed by atoms with Crippen molar-refractivity contribution >= 4 is 42.4 Å². The van der Waals surface area contributed by atoms with Crippen molar-refractivity contribution in [2.75, 3.05) is 23.7 Å². The Bertz CT molecular complexity index is 1470. The minimum atomic E-state index is -4.52. The van der Waals surface area contributed by atoms with Crippen molar-refractivity contribution in [2.45, 2.75) is 29.1 Å². The van der Waals surface area contributed by atoms with Crippen LogP contribution < -0.4 is 9.62 Å². The summed E-state index contributed by atoms with van der Waals surface area (Å²) in [6.45, 7) is 1.59. The summed E-state index contributed by atoms with van der Waals surface area (Å²) in [7, 11) is -8.33. The molecule has 1 amide bonds. The summed E-state index contributed by atoms with van der Waals surface area (Å²) in [5.74, 6) is -2.26. The van der Waals surface area contributed by atoms with Crippen LogP contribution in [0.1, 0.15) is 29.0 Å². The second-order valence-corrected chi connectivity index (χ2v) is 11.6. The van der Waals surface area contributed by atoms with Gasteiger partial charge >= 0.3 is 5.91 Å². The predicted octanol–water partition coefficient (Wildman–Crippen LogP) is 2.62. The topological polar surface area (TPSA) is 114 Å². The number of hydrogen-bond acceptors (Lipinski definition) is 7. The lowest BCUT2D eigenvalue weighted by molar-refractivity contribution is 0.0956. The molecule has 1 aromatic heterocycles. The highest BCUT2D eigenvalue weighted by molar-refractivity contribution is 7.94. The summed E-state index contributed by atoms with van der Waals surface area (Å²) in [4.78, 5) is 13.9. The van der Waals surface area contributed by atoms with Crippen LogP contribution in [0.15, 0.2) is 50.6 Å². The van der Waals surface area contributed by atoms with E-state index in [0.717, 1.165) is 31.6 Å². The quantitative estimate of drug-likeness (QED) is 0.613. The van der Waals surface area contributed by atoms with Crippen LogP contribution >= 0.6 is 0 Å². The highest BCUT2D eigenvalue weighted by Crippen LogP contribution is 2.32. The lowest BCUT2D eigenvalue weighted by Crippen LogP contribution is -2.36. The molecule has 0 spiro atoms. The summed E-state index contributed by atoms with van der Waals surface area (Å²) < 4.78 is 72.7. The van der Waals surface area contributed by atoms with Gasteiger partial charge in [0.2, 0.25) is 0 Å². The average Bonchev–Trinajstić information content (AvgIpc) is 3.11. The number of aryl methyl sites for hydroxylation is 1. The Hall–Kier alpha value is -2.92. The number of sulfonamides is 1. The summed E-state index contributed by atoms with van der Waals surface area (Å²) in [6.07, 6.45) is 1.82. The molecule has 1 N–H and O–H groups in total. The second-order valence-electron chi connectivity index (χ2n) is 7.89. The molecule has 1 saturated heterocycles. The number of fused-ring (bicyclic) bond motifs is 2. The Labute approximate surface area is 184 Å². The van der Waals surface area contributed by atoms with Crippen molar-refractivity contribution < 1.29 is 30.4 Å². The SMILES string of the molecule is O=C(NS(=O)(=O)c1cccc2c1S(=O)(=O)CCC2)c1cc2c(F)cc(N3CCC3)cc2o1. The first-order valence-corrected chi connectivity index (χ1v) is 13.2. The van der Waals surface area contributed by atoms with Gasteiger partial charge in [-0.15, -0.1) is 0 Å². The smallest absolute Gasteiger partial charge is 0.300 e. The number of carbonyl (C=O) groups excluding carboxylic acids is 1. The number of sulfone groups is 1. The number of anilines is 1. The van der Waals surface area contributed by atoms with Crippen molar-refractivity contribution in [1.29, 1.82) is 0 Å². The zero-order chi connectivity index (χ0) is 22.7. The van der Waals surface area contributed by atoms with E-state index in [9.17, 15) is 26.0 Å². The molecule has 2 aliphatic heterocycles. The Morgan fingerprint density at radius 1 is 1.12 bits per heavy atom. The third kappa shape index (κ3) is 3.45. The third-order valence-corrected chi connectivity index (χ3v) is 9.20. The van der Waals surface area contributed by atoms with Gasteiger partial charge in [0.15, 0.2) is 15.6 Å². The first kappa shape index (κ1) is 21.0. The lowest BCUT2D eigenvalue weighted by atomic mass is 10.1. The van der Waals surface area contributed by atoms with E-state index >= 15 is 0 Å². The van der Waals surface area contributed by atoms with Crippen LogP contribution in [0.25, 0.3) is 11.0 Å². The minimum absolute atomic E-state index is 0.0523. The molecule has 5 rings (SSSR count). The predicted molar refractivity (Wildman–Crippen MR) is 114 cm³/mol. The fraction of sp³-hybridized carbons (Fsp3) is 0.286. The fourth-order valence-corrected chi connectivity index (χ4v) is 7.53. The molecule has 3 heterocycles. The maximum absolute atomic E-state index is 14.5. The second kappa shape index (κ2) is 7.31. The number of nitrogens with one attached hydrogen (secondary N) is 1. The first-order chi connectivity index (χ1) is 15.2. The molecule has 0 unspecified atom stereocenters. The van der Waals surface area contributed by atoms with Crippen LogP contribution in [-0.2, 0) is 26.3 Å². The van der Waals surface area contributed by atoms with E-state index in [4.69, 9.17) is 4.42 Å². The van der Waals surface area contributed by atoms with Crippen LogP contribution in [0.4, 0.5) is 10.1 Å². The molecule has 168 valence electrons. The zero-order valence-electron chi connectivity index (χ0n) is 16.8. The van der Waals surface area contributed by atoms with Crippen LogP contribution in [0.5, 0.6) is 0 Å². The molecule has 0 radical (unpaired) electrons. The average molecular weight is 479 g/mol. The number of furan rings is 1. The fourth-order valence-electron chi connectivity index (χ4n) is 4.06. The lowest BCUT2D eigenvalue weighted by Gasteiger charge is -2.33. The van der Waals surface area contributed by atoms with Gasteiger partial charge in [-0.25, -0.2) is 25.9 Å². The highest BCUT2D eigenvalue weighted by Gasteiger charge is 2.33. The molecule has 32 heavy (non-hydrogen) atoms. The molecule has 0 saturated carbocycles. The van der Waals surface area contributed by atoms with Crippen LogP contribution in [0.2, 0.25) is 0 Å². The molecular weight excluding hydrogens is 459 g/mol. The van der Waals surface area contributed by atoms with Crippen LogP contribution in [-0.4, -0.2) is 41.6 Å². The van der Waals surface area contributed by atoms with E-state index < -0.39 is 42.2 Å². The molecular formula is C21H19FN2O6S2. The van der Waals surface area contributed by atoms with Gasteiger partial charge in [-0.2, -0.15) is 0 Å². The van der Waals surface area contributed by atoms with Gasteiger partial charge in [0.1, 0.15) is 16.3 Å². The monoisotopic (exact) mass is 478 g/mol. The van der Waals surface area contributed by atoms with E-state index in [0.29, 0.717) is 24.1 Å². The molecule has 0 bridgehead atoms. The van der Waals surface area contributed by atoms with Crippen molar-refractivity contribution in [2.24, 2.45) is 0 Å². The van der Waals surface area contributed by atoms with Crippen LogP contribution in [0.3, 0.4) is 0 Å². The summed E-state index contributed by atoms with van der Waals surface area (Å²) in [6, 6.07) is 8.22. The third-order valence-electron chi connectivity index (χ3n) is 5.76. The molecule has 3 aromatic rings. The highest BCUT2D eigenvalue weighted by atomic mass is 32.2. The maximum Gasteiger partial charge on any atom is 0.300 e. The largest absolute Gasteiger partial charge is 0.451 e. The number of carbonyl (C=O) groups is 1. The standard InChI is InChI=1S/C21H19FN2O6S2/c22-16-10-14(24-7-3-8-24)11-17-15(16)12-18(30-17)21(25)23-32(28,29)19-6-1-4-13-5-2-9-31(26,27)20(13)19/h1,4,6,10-12H,2-3,5,7-9H2,(H,23,25). The summed E-state index contributed by atoms with van der Waals surface area (Å²) in [5, 5.41) is 0.0523. The van der Waals surface area contributed by atoms with Crippen LogP contribution in [0, 0.1) is 5.82 Å². The van der Waals surface area contributed by atoms with E-state index in [2.05, 4.69) is 0 Å². The summed E-state index contributed by atoms with van der Waals surface area (Å²) in [5.41, 5.74) is 1.14. The number of rotatable bonds is 4. The number of nitrogens with zero attached hydrogens (tertiary/aromatic N) is 1. The number of hydrogen-bond donors (Lipinski definition) is 1. The number of halogens is 1. The Balaban J connectivity index is 1.49. The summed E-state index contributed by atoms with van der Waals surface area (Å²) >= 11 is 0. The van der Waals surface area contributed by atoms with Crippen molar-refractivity contribution in [3.63, 3.8) is 0 Å². The molecule has 2 aromatic carbocycles. The molecule has 11 heteroatoms. The number of amides is 1. The van der Waals surface area contributed by atoms with Gasteiger partial charge in [0, 0.05) is 30.9 Å². The van der Waals surface area contributed by atoms with Gasteiger partial charge in [-0.3, -0.25) is 4.79 Å². The molecule has 2 aliphatic rings. The normalized spacial score (nSPS) is 17.6. The van der Waals surface area contributed by atoms with E-state index in [1.807, 2.05) is 9.62 Å². The maximum atomic E-state index is 14.5.